The molecule has 31 heavy (non-hydrogen) atoms. The minimum atomic E-state index is -1.41. The molecule has 6 atom stereocenters. The van der Waals surface area contributed by atoms with E-state index in [4.69, 9.17) is 14.2 Å². The van der Waals surface area contributed by atoms with Gasteiger partial charge in [-0.05, 0) is 22.3 Å². The van der Waals surface area contributed by atoms with Gasteiger partial charge in [0.2, 0.25) is 0 Å². The molecule has 2 fully saturated rings. The number of hydrogen-bond acceptors (Lipinski definition) is 6. The summed E-state index contributed by atoms with van der Waals surface area (Å²) in [6.45, 7) is 1.83. The maximum atomic E-state index is 11.2. The van der Waals surface area contributed by atoms with Crippen molar-refractivity contribution >= 4 is 0 Å². The second kappa shape index (κ2) is 6.85. The third-order valence-corrected chi connectivity index (χ3v) is 7.54. The summed E-state index contributed by atoms with van der Waals surface area (Å²) in [7, 11) is 0. The zero-order chi connectivity index (χ0) is 21.4. The first kappa shape index (κ1) is 19.9. The second-order valence-electron chi connectivity index (χ2n) is 9.69. The predicted octanol–water partition coefficient (Wildman–Crippen LogP) is 1.51. The van der Waals surface area contributed by atoms with Crippen molar-refractivity contribution in [3.63, 3.8) is 0 Å². The van der Waals surface area contributed by atoms with Crippen LogP contribution in [0.5, 0.6) is 0 Å². The number of fused-ring (bicyclic) bond motifs is 3. The number of hydrogen-bond donors (Lipinski definition) is 3. The fourth-order valence-corrected chi connectivity index (χ4v) is 5.96. The molecule has 0 amide bonds. The normalized spacial score (nSPS) is 36.9. The van der Waals surface area contributed by atoms with Crippen LogP contribution in [0.3, 0.4) is 0 Å². The molecule has 0 bridgehead atoms. The third-order valence-electron chi connectivity index (χ3n) is 7.54. The topological polar surface area (TPSA) is 88.4 Å². The first-order valence-electron chi connectivity index (χ1n) is 11.1. The second-order valence-corrected chi connectivity index (χ2v) is 9.69. The highest BCUT2D eigenvalue weighted by Crippen LogP contribution is 2.47. The lowest BCUT2D eigenvalue weighted by Gasteiger charge is -2.44. The van der Waals surface area contributed by atoms with Crippen molar-refractivity contribution in [1.82, 2.24) is 0 Å². The summed E-state index contributed by atoms with van der Waals surface area (Å²) in [6.07, 6.45) is -2.08. The molecule has 3 aliphatic carbocycles. The van der Waals surface area contributed by atoms with Crippen molar-refractivity contribution in [3.8, 4) is 0 Å². The average molecular weight is 424 g/mol. The fourth-order valence-electron chi connectivity index (χ4n) is 5.96. The molecular weight excluding hydrogens is 396 g/mol. The summed E-state index contributed by atoms with van der Waals surface area (Å²) in [4.78, 5) is 0. The van der Waals surface area contributed by atoms with Gasteiger partial charge in [0.1, 0.15) is 18.3 Å². The van der Waals surface area contributed by atoms with Gasteiger partial charge >= 0.3 is 0 Å². The maximum absolute atomic E-state index is 11.2. The Labute approximate surface area is 181 Å². The number of ether oxygens (including phenoxy) is 3. The van der Waals surface area contributed by atoms with Gasteiger partial charge in [-0.2, -0.15) is 0 Å². The Hall–Kier alpha value is -1.80. The van der Waals surface area contributed by atoms with Gasteiger partial charge in [-0.3, -0.25) is 0 Å². The highest BCUT2D eigenvalue weighted by atomic mass is 16.8. The van der Waals surface area contributed by atoms with Crippen molar-refractivity contribution in [1.29, 1.82) is 0 Å². The molecule has 4 unspecified atom stereocenters. The van der Waals surface area contributed by atoms with Crippen LogP contribution >= 0.6 is 0 Å². The minimum Gasteiger partial charge on any atom is -0.390 e. The molecule has 1 saturated heterocycles. The highest BCUT2D eigenvalue weighted by molar-refractivity contribution is 5.35. The molecule has 3 N–H and O–H groups in total. The smallest absolute Gasteiger partial charge is 0.177 e. The van der Waals surface area contributed by atoms with Crippen LogP contribution < -0.4 is 0 Å². The Morgan fingerprint density at radius 1 is 0.774 bits per heavy atom. The molecular formula is C25H28O6. The molecule has 0 radical (unpaired) electrons. The molecule has 1 saturated carbocycles. The minimum absolute atomic E-state index is 0.361. The Morgan fingerprint density at radius 2 is 1.23 bits per heavy atom. The van der Waals surface area contributed by atoms with Crippen molar-refractivity contribution in [2.45, 2.75) is 74.7 Å². The summed E-state index contributed by atoms with van der Waals surface area (Å²) < 4.78 is 18.8. The zero-order valence-electron chi connectivity index (χ0n) is 17.5. The van der Waals surface area contributed by atoms with Gasteiger partial charge in [-0.15, -0.1) is 0 Å². The van der Waals surface area contributed by atoms with Crippen molar-refractivity contribution in [2.24, 2.45) is 5.92 Å². The van der Waals surface area contributed by atoms with Crippen LogP contribution in [0.1, 0.15) is 29.2 Å². The van der Waals surface area contributed by atoms with E-state index in [2.05, 4.69) is 12.1 Å². The summed E-state index contributed by atoms with van der Waals surface area (Å²) in [5, 5.41) is 33.4. The van der Waals surface area contributed by atoms with E-state index in [-0.39, 0.29) is 0 Å². The molecule has 2 aromatic rings. The van der Waals surface area contributed by atoms with Crippen LogP contribution in [0.4, 0.5) is 0 Å². The standard InChI is InChI=1S/C25H28O6/c1-14-19(26)22-23(31-25(30-22)12-17-8-4-5-9-18(17)13-25)20(27)21(14)29-24(28)10-15-6-2-3-7-16(15)11-24/h2-9,14,19-23,26-28H,10-13H2,1H3/t14?,19-,20?,21+,22?,23?/m0/s1. The van der Waals surface area contributed by atoms with Gasteiger partial charge in [0, 0.05) is 31.6 Å². The van der Waals surface area contributed by atoms with Gasteiger partial charge in [0.05, 0.1) is 12.2 Å². The lowest BCUT2D eigenvalue weighted by molar-refractivity contribution is -0.280. The summed E-state index contributed by atoms with van der Waals surface area (Å²) in [6, 6.07) is 16.0. The van der Waals surface area contributed by atoms with Gasteiger partial charge in [-0.25, -0.2) is 0 Å². The van der Waals surface area contributed by atoms with E-state index in [0.717, 1.165) is 11.1 Å². The van der Waals surface area contributed by atoms with Crippen molar-refractivity contribution in [3.05, 3.63) is 70.8 Å². The van der Waals surface area contributed by atoms with E-state index < -0.39 is 48.0 Å². The maximum Gasteiger partial charge on any atom is 0.177 e. The average Bonchev–Trinajstić information content (AvgIpc) is 3.41. The first-order valence-corrected chi connectivity index (χ1v) is 11.1. The van der Waals surface area contributed by atoms with E-state index in [9.17, 15) is 15.3 Å². The molecule has 2 aromatic carbocycles. The number of aliphatic hydroxyl groups is 3. The van der Waals surface area contributed by atoms with E-state index >= 15 is 0 Å². The molecule has 164 valence electrons. The van der Waals surface area contributed by atoms with Gasteiger partial charge in [0.25, 0.3) is 0 Å². The third kappa shape index (κ3) is 3.09. The van der Waals surface area contributed by atoms with Gasteiger partial charge in [-0.1, -0.05) is 55.5 Å². The Kier molecular flexibility index (Phi) is 4.39. The van der Waals surface area contributed by atoms with E-state index in [1.807, 2.05) is 43.3 Å². The van der Waals surface area contributed by atoms with Gasteiger partial charge < -0.3 is 29.5 Å². The number of rotatable bonds is 2. The Balaban J connectivity index is 1.23. The van der Waals surface area contributed by atoms with Crippen LogP contribution in [0.15, 0.2) is 48.5 Å². The quantitative estimate of drug-likeness (QED) is 0.634. The molecule has 6 heteroatoms. The predicted molar refractivity (Wildman–Crippen MR) is 111 cm³/mol. The summed E-state index contributed by atoms with van der Waals surface area (Å²) in [5.41, 5.74) is 4.43. The Morgan fingerprint density at radius 3 is 1.74 bits per heavy atom. The number of aliphatic hydroxyl groups excluding tert-OH is 2. The molecule has 1 heterocycles. The summed E-state index contributed by atoms with van der Waals surface area (Å²) in [5.74, 6) is -2.70. The van der Waals surface area contributed by atoms with Crippen LogP contribution in [-0.2, 0) is 39.9 Å². The molecule has 1 aliphatic heterocycles. The van der Waals surface area contributed by atoms with Crippen molar-refractivity contribution in [2.75, 3.05) is 0 Å². The van der Waals surface area contributed by atoms with E-state index in [1.54, 1.807) is 0 Å². The van der Waals surface area contributed by atoms with E-state index in [1.165, 1.54) is 11.1 Å². The molecule has 1 spiro atoms. The van der Waals surface area contributed by atoms with Crippen LogP contribution in [0.25, 0.3) is 0 Å². The van der Waals surface area contributed by atoms with Crippen LogP contribution in [0, 0.1) is 5.92 Å². The monoisotopic (exact) mass is 424 g/mol. The summed E-state index contributed by atoms with van der Waals surface area (Å²) >= 11 is 0. The molecule has 0 aromatic heterocycles. The highest BCUT2D eigenvalue weighted by Gasteiger charge is 2.61. The SMILES string of the molecule is CC1[C@H](O)C2OC3(Cc4ccccc4C3)OC2C(O)[C@@H]1OC1(O)Cc2ccccc2C1. The molecule has 6 nitrogen and oxygen atoms in total. The lowest BCUT2D eigenvalue weighted by Crippen LogP contribution is -2.61. The zero-order valence-corrected chi connectivity index (χ0v) is 17.5. The van der Waals surface area contributed by atoms with Crippen LogP contribution in [0.2, 0.25) is 0 Å². The van der Waals surface area contributed by atoms with Crippen molar-refractivity contribution < 1.29 is 29.5 Å². The fraction of sp³-hybridized carbons (Fsp3) is 0.520. The first-order chi connectivity index (χ1) is 14.9. The molecule has 4 aliphatic rings. The lowest BCUT2D eigenvalue weighted by atomic mass is 9.79. The molecule has 6 rings (SSSR count). The largest absolute Gasteiger partial charge is 0.390 e. The number of benzene rings is 2. The van der Waals surface area contributed by atoms with Gasteiger partial charge in [0.15, 0.2) is 11.6 Å². The van der Waals surface area contributed by atoms with E-state index in [0.29, 0.717) is 25.7 Å². The Bertz CT molecular complexity index is 955. The van der Waals surface area contributed by atoms with Crippen LogP contribution in [-0.4, -0.2) is 57.4 Å².